The zero-order chi connectivity index (χ0) is 47.8. The van der Waals surface area contributed by atoms with Gasteiger partial charge in [-0.25, -0.2) is 0 Å². The minimum absolute atomic E-state index is 0.513. The van der Waals surface area contributed by atoms with Crippen molar-refractivity contribution >= 4 is 65.0 Å². The summed E-state index contributed by atoms with van der Waals surface area (Å²) in [6.45, 7) is 0. The molecule has 9 rings (SSSR count). The summed E-state index contributed by atoms with van der Waals surface area (Å²) in [6, 6.07) is -20.6. The third-order valence-electron chi connectivity index (χ3n) is 6.87. The molecule has 0 aliphatic rings. The van der Waals surface area contributed by atoms with E-state index in [9.17, 15) is 6.85 Å². The first-order valence-electron chi connectivity index (χ1n) is 24.2. The number of fused-ring (bicyclic) bond motifs is 9. The lowest BCUT2D eigenvalue weighted by Gasteiger charge is -2.15. The highest BCUT2D eigenvalue weighted by Crippen LogP contribution is 2.47. The Labute approximate surface area is 270 Å². The summed E-state index contributed by atoms with van der Waals surface area (Å²) in [5, 5.41) is -5.59. The average molecular weight is 545 g/mol. The summed E-state index contributed by atoms with van der Waals surface area (Å²) in [5.74, 6) is 0. The highest BCUT2D eigenvalue weighted by atomic mass is 16.3. The molecule has 0 bridgehead atoms. The van der Waals surface area contributed by atoms with Crippen LogP contribution in [0.2, 0.25) is 0 Å². The Balaban J connectivity index is 1.74. The van der Waals surface area contributed by atoms with Gasteiger partial charge in [0.25, 0.3) is 0 Å². The van der Waals surface area contributed by atoms with Gasteiger partial charge in [-0.3, -0.25) is 0 Å². The highest BCUT2D eigenvalue weighted by Gasteiger charge is 2.21. The molecule has 0 amide bonds. The van der Waals surface area contributed by atoms with Crippen LogP contribution < -0.4 is 0 Å². The molecule has 190 valence electrons. The Morgan fingerprint density at radius 2 is 1.10 bits per heavy atom. The van der Waals surface area contributed by atoms with Crippen molar-refractivity contribution in [2.45, 2.75) is 0 Å². The second-order valence-corrected chi connectivity index (χ2v) is 9.01. The van der Waals surface area contributed by atoms with Gasteiger partial charge in [-0.1, -0.05) is 127 Å². The van der Waals surface area contributed by atoms with E-state index < -0.39 is 232 Å². The predicted octanol–water partition coefficient (Wildman–Crippen LogP) is 11.5. The second kappa shape index (κ2) is 8.55. The first-order chi connectivity index (χ1) is 30.3. The molecule has 0 fully saturated rings. The molecule has 1 heteroatoms. The lowest BCUT2D eigenvalue weighted by Crippen LogP contribution is -1.89. The average Bonchev–Trinajstić information content (AvgIpc) is 3.66. The quantitative estimate of drug-likeness (QED) is 0.156. The van der Waals surface area contributed by atoms with Crippen LogP contribution in [0.5, 0.6) is 0 Å². The molecule has 0 N–H and O–H groups in total. The fourth-order valence-corrected chi connectivity index (χ4v) is 5.21. The molecule has 9 aromatic rings. The van der Waals surface area contributed by atoms with Gasteiger partial charge in [-0.2, -0.15) is 0 Å². The SMILES string of the molecule is [2H]c1c([2H])c([2H])c(-c2c([2H])c3c([2H])c([2H])c([2H])c([2H])c3c3oc4c([2H])c([2H])c([2H])c(-c5c6c([2H])c([2H])c([2H])c([2H])c6c([2H])c6c5c([2H])c([2H])c5c([2H])c([2H])c([2H])c([2H])c56)c4c23)c([2H])c1[2H]. The molecule has 0 atom stereocenters. The summed E-state index contributed by atoms with van der Waals surface area (Å²) in [6.07, 6.45) is 0. The summed E-state index contributed by atoms with van der Waals surface area (Å²) >= 11 is 0. The molecular weight excluding hydrogens is 496 g/mol. The zero-order valence-corrected chi connectivity index (χ0v) is 20.4. The van der Waals surface area contributed by atoms with E-state index in [-0.39, 0.29) is 0 Å². The standard InChI is InChI=1S/C40H24O/c1-2-11-25(12-3-1)34-23-28-15-6-9-18-31(28)40-39(34)38-33(19-10-20-36(38)41-40)37-30-17-8-5-14-27(30)24-35-29-16-7-4-13-26(29)21-22-32(35)37/h1-24H/i1D,2D,3D,4D,5D,6D,7D,8D,9D,10D,11D,12D,13D,14D,15D,16D,17D,18D,19D,20D,21D,22D,23D,24D. The van der Waals surface area contributed by atoms with Crippen LogP contribution in [0.4, 0.5) is 0 Å². The van der Waals surface area contributed by atoms with Crippen molar-refractivity contribution in [3.8, 4) is 22.3 Å². The van der Waals surface area contributed by atoms with Crippen LogP contribution in [0.1, 0.15) is 32.9 Å². The van der Waals surface area contributed by atoms with Gasteiger partial charge in [-0.15, -0.1) is 0 Å². The smallest absolute Gasteiger partial charge is 0.143 e. The lowest BCUT2D eigenvalue weighted by atomic mass is 9.87. The number of furan rings is 1. The number of hydrogen-bond donors (Lipinski definition) is 0. The molecule has 1 aromatic heterocycles. The van der Waals surface area contributed by atoms with Crippen molar-refractivity contribution < 1.29 is 37.3 Å². The number of rotatable bonds is 2. The van der Waals surface area contributed by atoms with Crippen LogP contribution in [0.25, 0.3) is 87.3 Å². The van der Waals surface area contributed by atoms with Gasteiger partial charge in [0.1, 0.15) is 11.2 Å². The molecule has 41 heavy (non-hydrogen) atoms. The Kier molecular flexibility index (Phi) is 1.94. The van der Waals surface area contributed by atoms with E-state index in [0.717, 1.165) is 0 Å². The van der Waals surface area contributed by atoms with Crippen LogP contribution in [0.15, 0.2) is 149 Å². The van der Waals surface area contributed by atoms with Crippen molar-refractivity contribution in [2.24, 2.45) is 0 Å². The molecule has 0 aliphatic heterocycles. The van der Waals surface area contributed by atoms with Crippen LogP contribution in [0.3, 0.4) is 0 Å². The van der Waals surface area contributed by atoms with Gasteiger partial charge < -0.3 is 4.42 Å². The Morgan fingerprint density at radius 1 is 0.415 bits per heavy atom. The molecule has 0 spiro atoms. The second-order valence-electron chi connectivity index (χ2n) is 9.01. The molecule has 1 heterocycles. The van der Waals surface area contributed by atoms with E-state index in [2.05, 4.69) is 0 Å². The molecule has 0 radical (unpaired) electrons. The van der Waals surface area contributed by atoms with Gasteiger partial charge in [0, 0.05) is 16.2 Å². The zero-order valence-electron chi connectivity index (χ0n) is 44.4. The van der Waals surface area contributed by atoms with Gasteiger partial charge in [0.15, 0.2) is 0 Å². The van der Waals surface area contributed by atoms with E-state index in [1.54, 1.807) is 0 Å². The first kappa shape index (κ1) is 9.33. The van der Waals surface area contributed by atoms with E-state index >= 15 is 0 Å². The monoisotopic (exact) mass is 544 g/mol. The van der Waals surface area contributed by atoms with E-state index in [1.807, 2.05) is 0 Å². The Hall–Kier alpha value is -5.40. The summed E-state index contributed by atoms with van der Waals surface area (Å²) in [4.78, 5) is 0. The highest BCUT2D eigenvalue weighted by molar-refractivity contribution is 6.28. The van der Waals surface area contributed by atoms with E-state index in [4.69, 9.17) is 30.5 Å². The predicted molar refractivity (Wildman–Crippen MR) is 175 cm³/mol. The molecule has 0 unspecified atom stereocenters. The van der Waals surface area contributed by atoms with Crippen LogP contribution in [0, 0.1) is 0 Å². The molecule has 8 aromatic carbocycles. The maximum atomic E-state index is 9.62. The lowest BCUT2D eigenvalue weighted by molar-refractivity contribution is 0.673. The van der Waals surface area contributed by atoms with Crippen molar-refractivity contribution in [1.29, 1.82) is 0 Å². The minimum Gasteiger partial charge on any atom is -0.455 e. The van der Waals surface area contributed by atoms with Gasteiger partial charge in [0.05, 0.1) is 32.9 Å². The fraction of sp³-hybridized carbons (Fsp3) is 0. The first-order valence-corrected chi connectivity index (χ1v) is 12.2. The third kappa shape index (κ3) is 3.24. The van der Waals surface area contributed by atoms with Crippen LogP contribution in [-0.2, 0) is 0 Å². The van der Waals surface area contributed by atoms with Crippen molar-refractivity contribution in [1.82, 2.24) is 0 Å². The summed E-state index contributed by atoms with van der Waals surface area (Å²) < 4.78 is 220. The molecule has 0 saturated heterocycles. The van der Waals surface area contributed by atoms with Gasteiger partial charge in [0.2, 0.25) is 0 Å². The Bertz CT molecular complexity index is 3790. The molecule has 0 aliphatic carbocycles. The minimum atomic E-state index is -0.951. The van der Waals surface area contributed by atoms with Crippen LogP contribution >= 0.6 is 0 Å². The van der Waals surface area contributed by atoms with Crippen LogP contribution in [-0.4, -0.2) is 0 Å². The van der Waals surface area contributed by atoms with E-state index in [0.29, 0.717) is 0 Å². The Morgan fingerprint density at radius 3 is 1.93 bits per heavy atom. The fourth-order valence-electron chi connectivity index (χ4n) is 5.21. The molecular formula is C40H24O. The van der Waals surface area contributed by atoms with Gasteiger partial charge in [-0.05, 0) is 78.1 Å². The third-order valence-corrected chi connectivity index (χ3v) is 6.87. The van der Waals surface area contributed by atoms with Gasteiger partial charge >= 0.3 is 0 Å². The number of hydrogen-bond acceptors (Lipinski definition) is 1. The van der Waals surface area contributed by atoms with Crippen molar-refractivity contribution in [3.05, 3.63) is 145 Å². The molecule has 1 nitrogen and oxygen atoms in total. The van der Waals surface area contributed by atoms with Crippen molar-refractivity contribution in [3.63, 3.8) is 0 Å². The number of benzene rings is 8. The normalized spacial score (nSPS) is 20.1. The maximum Gasteiger partial charge on any atom is 0.143 e. The topological polar surface area (TPSA) is 13.1 Å². The molecule has 0 saturated carbocycles. The van der Waals surface area contributed by atoms with E-state index in [1.165, 1.54) is 0 Å². The largest absolute Gasteiger partial charge is 0.455 e. The van der Waals surface area contributed by atoms with Crippen molar-refractivity contribution in [2.75, 3.05) is 0 Å². The maximum absolute atomic E-state index is 9.62. The summed E-state index contributed by atoms with van der Waals surface area (Å²) in [7, 11) is 0. The summed E-state index contributed by atoms with van der Waals surface area (Å²) in [5.41, 5.74) is -3.92.